The van der Waals surface area contributed by atoms with Crippen molar-refractivity contribution in [2.45, 2.75) is 6.54 Å². The van der Waals surface area contributed by atoms with Crippen molar-refractivity contribution < 1.29 is 0 Å². The fourth-order valence-electron chi connectivity index (χ4n) is 4.55. The number of hydrogen-bond acceptors (Lipinski definition) is 8. The van der Waals surface area contributed by atoms with Crippen molar-refractivity contribution in [3.8, 4) is 17.1 Å². The monoisotopic (exact) mass is 463 g/mol. The molecule has 0 spiro atoms. The molecule has 1 fully saturated rings. The highest BCUT2D eigenvalue weighted by molar-refractivity contribution is 5.82. The van der Waals surface area contributed by atoms with Crippen LogP contribution in [-0.4, -0.2) is 60.8 Å². The largest absolute Gasteiger partial charge is 0.383 e. The van der Waals surface area contributed by atoms with Crippen LogP contribution < -0.4 is 10.6 Å². The van der Waals surface area contributed by atoms with Gasteiger partial charge in [-0.15, -0.1) is 5.10 Å². The van der Waals surface area contributed by atoms with Crippen LogP contribution in [0.5, 0.6) is 0 Å². The second-order valence-corrected chi connectivity index (χ2v) is 8.56. The summed E-state index contributed by atoms with van der Waals surface area (Å²) in [5, 5.41) is 8.23. The molecule has 0 aliphatic carbocycles. The van der Waals surface area contributed by atoms with Crippen molar-refractivity contribution in [2.75, 3.05) is 36.8 Å². The molecular formula is C26H25N9. The topological polar surface area (TPSA) is 102 Å². The molecule has 35 heavy (non-hydrogen) atoms. The van der Waals surface area contributed by atoms with Crippen LogP contribution in [-0.2, 0) is 6.54 Å². The minimum Gasteiger partial charge on any atom is -0.383 e. The van der Waals surface area contributed by atoms with Crippen LogP contribution in [0.4, 0.5) is 11.6 Å². The Morgan fingerprint density at radius 1 is 0.800 bits per heavy atom. The Morgan fingerprint density at radius 3 is 2.34 bits per heavy atom. The van der Waals surface area contributed by atoms with Crippen LogP contribution in [0, 0.1) is 0 Å². The van der Waals surface area contributed by atoms with Gasteiger partial charge in [-0.3, -0.25) is 9.47 Å². The van der Waals surface area contributed by atoms with Crippen LogP contribution in [0.2, 0.25) is 0 Å². The maximum Gasteiger partial charge on any atom is 0.164 e. The van der Waals surface area contributed by atoms with Gasteiger partial charge in [-0.1, -0.05) is 12.1 Å². The third kappa shape index (κ3) is 4.17. The summed E-state index contributed by atoms with van der Waals surface area (Å²) >= 11 is 0. The van der Waals surface area contributed by atoms with Gasteiger partial charge in [0.1, 0.15) is 11.3 Å². The standard InChI is InChI=1S/C26H25N9/c27-24-21(4-1-11-28-24)25-31-22-5-2-12-29-26(22)35(25)20-9-7-19(8-10-20)18-33-14-16-34(17-15-33)23-6-3-13-30-32-23/h1-13H,14-18H2,(H2,27,28). The molecule has 0 saturated carbocycles. The van der Waals surface area contributed by atoms with E-state index in [9.17, 15) is 0 Å². The average Bonchev–Trinajstić information content (AvgIpc) is 3.30. The first kappa shape index (κ1) is 21.2. The van der Waals surface area contributed by atoms with Gasteiger partial charge in [0.25, 0.3) is 0 Å². The van der Waals surface area contributed by atoms with E-state index in [-0.39, 0.29) is 0 Å². The fourth-order valence-corrected chi connectivity index (χ4v) is 4.55. The Bertz CT molecular complexity index is 1440. The average molecular weight is 464 g/mol. The third-order valence-corrected chi connectivity index (χ3v) is 6.35. The second kappa shape index (κ2) is 9.11. The molecule has 0 atom stereocenters. The summed E-state index contributed by atoms with van der Waals surface area (Å²) in [6, 6.07) is 20.2. The lowest BCUT2D eigenvalue weighted by Crippen LogP contribution is -2.46. The minimum atomic E-state index is 0.446. The van der Waals surface area contributed by atoms with Gasteiger partial charge >= 0.3 is 0 Å². The van der Waals surface area contributed by atoms with Crippen molar-refractivity contribution in [2.24, 2.45) is 0 Å². The van der Waals surface area contributed by atoms with Gasteiger partial charge in [0.15, 0.2) is 17.3 Å². The SMILES string of the molecule is Nc1ncccc1-c1nc2cccnc2n1-c1ccc(CN2CCN(c3cccnn3)CC2)cc1. The van der Waals surface area contributed by atoms with E-state index in [4.69, 9.17) is 10.7 Å². The first-order chi connectivity index (χ1) is 17.3. The Hall–Kier alpha value is -4.37. The first-order valence-corrected chi connectivity index (χ1v) is 11.6. The number of rotatable bonds is 5. The van der Waals surface area contributed by atoms with E-state index in [0.717, 1.165) is 66.8 Å². The van der Waals surface area contributed by atoms with Crippen LogP contribution in [0.3, 0.4) is 0 Å². The number of imidazole rings is 1. The highest BCUT2D eigenvalue weighted by Gasteiger charge is 2.20. The van der Waals surface area contributed by atoms with Crippen LogP contribution in [0.25, 0.3) is 28.2 Å². The summed E-state index contributed by atoms with van der Waals surface area (Å²) in [5.74, 6) is 2.13. The van der Waals surface area contributed by atoms with E-state index in [2.05, 4.69) is 54.2 Å². The number of pyridine rings is 2. The van der Waals surface area contributed by atoms with Gasteiger partial charge in [0.05, 0.1) is 5.56 Å². The number of anilines is 2. The van der Waals surface area contributed by atoms with Crippen LogP contribution >= 0.6 is 0 Å². The summed E-state index contributed by atoms with van der Waals surface area (Å²) in [4.78, 5) is 18.4. The second-order valence-electron chi connectivity index (χ2n) is 8.56. The fraction of sp³-hybridized carbons (Fsp3) is 0.192. The summed E-state index contributed by atoms with van der Waals surface area (Å²) in [7, 11) is 0. The van der Waals surface area contributed by atoms with E-state index >= 15 is 0 Å². The van der Waals surface area contributed by atoms with Gasteiger partial charge in [0, 0.05) is 57.0 Å². The molecule has 2 N–H and O–H groups in total. The summed E-state index contributed by atoms with van der Waals surface area (Å²) in [6.07, 6.45) is 5.18. The molecule has 0 amide bonds. The van der Waals surface area contributed by atoms with Gasteiger partial charge in [0.2, 0.25) is 0 Å². The Morgan fingerprint density at radius 2 is 1.57 bits per heavy atom. The zero-order valence-corrected chi connectivity index (χ0v) is 19.2. The zero-order chi connectivity index (χ0) is 23.6. The van der Waals surface area contributed by atoms with E-state index < -0.39 is 0 Å². The van der Waals surface area contributed by atoms with Gasteiger partial charge in [-0.25, -0.2) is 15.0 Å². The molecule has 1 saturated heterocycles. The summed E-state index contributed by atoms with van der Waals surface area (Å²) in [6.45, 7) is 4.76. The highest BCUT2D eigenvalue weighted by Crippen LogP contribution is 2.30. The molecule has 6 rings (SSSR count). The molecule has 4 aromatic heterocycles. The molecule has 1 aliphatic rings. The number of nitrogens with two attached hydrogens (primary N) is 1. The van der Waals surface area contributed by atoms with Crippen LogP contribution in [0.15, 0.2) is 79.3 Å². The predicted octanol–water partition coefficient (Wildman–Crippen LogP) is 3.18. The molecular weight excluding hydrogens is 438 g/mol. The molecule has 0 bridgehead atoms. The first-order valence-electron chi connectivity index (χ1n) is 11.6. The summed E-state index contributed by atoms with van der Waals surface area (Å²) < 4.78 is 2.05. The lowest BCUT2D eigenvalue weighted by molar-refractivity contribution is 0.249. The smallest absolute Gasteiger partial charge is 0.164 e. The van der Waals surface area contributed by atoms with Crippen LogP contribution in [0.1, 0.15) is 5.56 Å². The van der Waals surface area contributed by atoms with Crippen molar-refractivity contribution >= 4 is 22.8 Å². The number of hydrogen-bond donors (Lipinski definition) is 1. The lowest BCUT2D eigenvalue weighted by Gasteiger charge is -2.35. The molecule has 5 heterocycles. The number of piperazine rings is 1. The third-order valence-electron chi connectivity index (χ3n) is 6.35. The molecule has 0 radical (unpaired) electrons. The van der Waals surface area contributed by atoms with E-state index in [1.165, 1.54) is 5.56 Å². The quantitative estimate of drug-likeness (QED) is 0.424. The van der Waals surface area contributed by atoms with Crippen molar-refractivity contribution in [1.29, 1.82) is 0 Å². The van der Waals surface area contributed by atoms with Crippen molar-refractivity contribution in [3.05, 3.63) is 84.8 Å². The molecule has 1 aliphatic heterocycles. The Kier molecular flexibility index (Phi) is 5.51. The van der Waals surface area contributed by atoms with E-state index in [1.54, 1.807) is 18.6 Å². The Labute approximate surface area is 202 Å². The zero-order valence-electron chi connectivity index (χ0n) is 19.2. The van der Waals surface area contributed by atoms with Gasteiger partial charge in [-0.2, -0.15) is 5.10 Å². The number of nitrogen functional groups attached to an aromatic ring is 1. The number of fused-ring (bicyclic) bond motifs is 1. The highest BCUT2D eigenvalue weighted by atomic mass is 15.3. The normalized spacial score (nSPS) is 14.5. The maximum atomic E-state index is 6.20. The molecule has 9 heteroatoms. The predicted molar refractivity (Wildman–Crippen MR) is 136 cm³/mol. The molecule has 5 aromatic rings. The van der Waals surface area contributed by atoms with Crippen molar-refractivity contribution in [3.63, 3.8) is 0 Å². The molecule has 174 valence electrons. The van der Waals surface area contributed by atoms with Crippen molar-refractivity contribution in [1.82, 2.24) is 34.6 Å². The number of aromatic nitrogens is 6. The maximum absolute atomic E-state index is 6.20. The van der Waals surface area contributed by atoms with E-state index in [1.807, 2.05) is 41.0 Å². The molecule has 1 aromatic carbocycles. The lowest BCUT2D eigenvalue weighted by atomic mass is 10.1. The molecule has 9 nitrogen and oxygen atoms in total. The number of nitrogens with zero attached hydrogens (tertiary/aromatic N) is 8. The van der Waals surface area contributed by atoms with Gasteiger partial charge in [-0.05, 0) is 54.1 Å². The van der Waals surface area contributed by atoms with Gasteiger partial charge < -0.3 is 10.6 Å². The molecule has 0 unspecified atom stereocenters. The number of benzene rings is 1. The minimum absolute atomic E-state index is 0.446. The summed E-state index contributed by atoms with van der Waals surface area (Å²) in [5.41, 5.74) is 10.8. The Balaban J connectivity index is 1.23. The van der Waals surface area contributed by atoms with E-state index in [0.29, 0.717) is 5.82 Å².